The smallest absolute Gasteiger partial charge is 0.320 e. The van der Waals surface area contributed by atoms with Gasteiger partial charge in [0.2, 0.25) is 0 Å². The van der Waals surface area contributed by atoms with Crippen molar-refractivity contribution in [3.8, 4) is 5.75 Å². The molecular formula is C19H18Cl2N4O2. The number of aromatic nitrogens is 2. The quantitative estimate of drug-likeness (QED) is 0.650. The molecule has 1 atom stereocenters. The Hall–Kier alpha value is -2.70. The highest BCUT2D eigenvalue weighted by Gasteiger charge is 2.23. The minimum Gasteiger partial charge on any atom is -0.496 e. The summed E-state index contributed by atoms with van der Waals surface area (Å²) in [5.41, 5.74) is 1.32. The second-order valence-corrected chi connectivity index (χ2v) is 6.61. The Balaban J connectivity index is 1.88. The zero-order valence-corrected chi connectivity index (χ0v) is 16.3. The van der Waals surface area contributed by atoms with Crippen LogP contribution in [0.1, 0.15) is 17.4 Å². The van der Waals surface area contributed by atoms with Crippen LogP contribution in [0.2, 0.25) is 10.0 Å². The lowest BCUT2D eigenvalue weighted by Gasteiger charge is -2.21. The highest BCUT2D eigenvalue weighted by Crippen LogP contribution is 2.29. The summed E-state index contributed by atoms with van der Waals surface area (Å²) in [5.74, 6) is 1.32. The molecule has 0 spiro atoms. The molecule has 8 heteroatoms. The third-order valence-corrected chi connectivity index (χ3v) is 4.76. The van der Waals surface area contributed by atoms with E-state index in [1.54, 1.807) is 31.5 Å². The fourth-order valence-corrected chi connectivity index (χ4v) is 3.01. The number of urea groups is 1. The van der Waals surface area contributed by atoms with E-state index in [4.69, 9.17) is 27.9 Å². The van der Waals surface area contributed by atoms with Crippen molar-refractivity contribution in [2.75, 3.05) is 12.4 Å². The highest BCUT2D eigenvalue weighted by atomic mass is 35.5. The number of rotatable bonds is 5. The number of carbonyl (C=O) groups is 1. The molecule has 3 rings (SSSR count). The first-order chi connectivity index (χ1) is 13.0. The Morgan fingerprint density at radius 2 is 1.96 bits per heavy atom. The molecule has 27 heavy (non-hydrogen) atoms. The van der Waals surface area contributed by atoms with Crippen LogP contribution < -0.4 is 15.4 Å². The molecule has 1 heterocycles. The van der Waals surface area contributed by atoms with Crippen LogP contribution in [0.25, 0.3) is 0 Å². The summed E-state index contributed by atoms with van der Waals surface area (Å²) in [4.78, 5) is 17.0. The maximum atomic E-state index is 12.6. The van der Waals surface area contributed by atoms with Crippen molar-refractivity contribution < 1.29 is 9.53 Å². The van der Waals surface area contributed by atoms with Crippen molar-refractivity contribution in [3.05, 3.63) is 76.3 Å². The van der Waals surface area contributed by atoms with Crippen LogP contribution in [0, 0.1) is 0 Å². The van der Waals surface area contributed by atoms with Gasteiger partial charge in [0.15, 0.2) is 0 Å². The zero-order chi connectivity index (χ0) is 19.4. The number of ether oxygens (including phenoxy) is 1. The maximum absolute atomic E-state index is 12.6. The first-order valence-electron chi connectivity index (χ1n) is 8.12. The third kappa shape index (κ3) is 4.35. The van der Waals surface area contributed by atoms with Crippen molar-refractivity contribution in [1.29, 1.82) is 0 Å². The molecule has 0 bridgehead atoms. The van der Waals surface area contributed by atoms with Gasteiger partial charge in [-0.3, -0.25) is 0 Å². The molecule has 3 aromatic rings. The van der Waals surface area contributed by atoms with Gasteiger partial charge in [0.1, 0.15) is 17.6 Å². The Morgan fingerprint density at radius 3 is 2.63 bits per heavy atom. The normalized spacial score (nSPS) is 11.7. The molecule has 2 amide bonds. The number of nitrogens with one attached hydrogen (secondary N) is 2. The number of anilines is 1. The Morgan fingerprint density at radius 1 is 1.19 bits per heavy atom. The molecule has 0 fully saturated rings. The first kappa shape index (κ1) is 19.1. The molecule has 0 aliphatic rings. The number of hydrogen-bond donors (Lipinski definition) is 2. The Labute approximate surface area is 167 Å². The number of aryl methyl sites for hydroxylation is 1. The van der Waals surface area contributed by atoms with E-state index in [1.807, 2.05) is 42.1 Å². The second kappa shape index (κ2) is 8.33. The van der Waals surface area contributed by atoms with Crippen LogP contribution in [-0.2, 0) is 7.05 Å². The lowest BCUT2D eigenvalue weighted by atomic mass is 10.0. The number of para-hydroxylation sites is 1. The first-order valence-corrected chi connectivity index (χ1v) is 8.88. The average molecular weight is 405 g/mol. The van der Waals surface area contributed by atoms with Gasteiger partial charge in [0, 0.05) is 30.7 Å². The van der Waals surface area contributed by atoms with Gasteiger partial charge < -0.3 is 19.9 Å². The largest absolute Gasteiger partial charge is 0.496 e. The minimum atomic E-state index is -0.510. The van der Waals surface area contributed by atoms with E-state index in [0.717, 1.165) is 5.56 Å². The van der Waals surface area contributed by atoms with Crippen LogP contribution in [-0.4, -0.2) is 22.7 Å². The van der Waals surface area contributed by atoms with Crippen LogP contribution in [0.4, 0.5) is 10.5 Å². The molecule has 0 saturated heterocycles. The molecule has 6 nitrogen and oxygen atoms in total. The number of methoxy groups -OCH3 is 1. The van der Waals surface area contributed by atoms with Crippen molar-refractivity contribution in [2.45, 2.75) is 6.04 Å². The van der Waals surface area contributed by atoms with Crippen molar-refractivity contribution >= 4 is 34.9 Å². The van der Waals surface area contributed by atoms with Crippen LogP contribution >= 0.6 is 23.2 Å². The van der Waals surface area contributed by atoms with Gasteiger partial charge in [-0.05, 0) is 24.3 Å². The lowest BCUT2D eigenvalue weighted by Crippen LogP contribution is -2.34. The van der Waals surface area contributed by atoms with Gasteiger partial charge in [-0.2, -0.15) is 0 Å². The van der Waals surface area contributed by atoms with E-state index in [-0.39, 0.29) is 0 Å². The molecule has 2 N–H and O–H groups in total. The van der Waals surface area contributed by atoms with Crippen LogP contribution in [0.3, 0.4) is 0 Å². The summed E-state index contributed by atoms with van der Waals surface area (Å²) >= 11 is 11.9. The van der Waals surface area contributed by atoms with E-state index < -0.39 is 12.1 Å². The molecule has 1 aromatic heterocycles. The number of halogens is 2. The number of carbonyl (C=O) groups excluding carboxylic acids is 1. The summed E-state index contributed by atoms with van der Waals surface area (Å²) < 4.78 is 7.30. The highest BCUT2D eigenvalue weighted by molar-refractivity contribution is 6.42. The molecule has 140 valence electrons. The maximum Gasteiger partial charge on any atom is 0.320 e. The monoisotopic (exact) mass is 404 g/mol. The fourth-order valence-electron chi connectivity index (χ4n) is 2.71. The van der Waals surface area contributed by atoms with Gasteiger partial charge in [0.25, 0.3) is 0 Å². The molecule has 0 aliphatic carbocycles. The second-order valence-electron chi connectivity index (χ2n) is 5.80. The van der Waals surface area contributed by atoms with Gasteiger partial charge in [-0.25, -0.2) is 9.78 Å². The zero-order valence-electron chi connectivity index (χ0n) is 14.7. The Kier molecular flexibility index (Phi) is 5.88. The van der Waals surface area contributed by atoms with Crippen LogP contribution in [0.5, 0.6) is 5.75 Å². The number of imidazole rings is 1. The van der Waals surface area contributed by atoms with Crippen LogP contribution in [0.15, 0.2) is 54.9 Å². The molecular weight excluding hydrogens is 387 g/mol. The molecule has 0 radical (unpaired) electrons. The molecule has 0 aliphatic heterocycles. The SMILES string of the molecule is COc1ccccc1[C@@H](NC(=O)Nc1ccc(Cl)c(Cl)c1)c1nccn1C. The predicted molar refractivity (Wildman–Crippen MR) is 107 cm³/mol. The molecule has 0 unspecified atom stereocenters. The third-order valence-electron chi connectivity index (χ3n) is 4.02. The van der Waals surface area contributed by atoms with Crippen molar-refractivity contribution in [1.82, 2.24) is 14.9 Å². The Bertz CT molecular complexity index is 958. The fraction of sp³-hybridized carbons (Fsp3) is 0.158. The number of amides is 2. The predicted octanol–water partition coefficient (Wildman–Crippen LogP) is 4.65. The van der Waals surface area contributed by atoms with E-state index in [2.05, 4.69) is 15.6 Å². The molecule has 0 saturated carbocycles. The number of hydrogen-bond acceptors (Lipinski definition) is 3. The summed E-state index contributed by atoms with van der Waals surface area (Å²) in [6, 6.07) is 11.4. The van der Waals surface area contributed by atoms with Gasteiger partial charge in [0.05, 0.1) is 17.2 Å². The lowest BCUT2D eigenvalue weighted by molar-refractivity contribution is 0.249. The van der Waals surface area contributed by atoms with E-state index in [1.165, 1.54) is 0 Å². The average Bonchev–Trinajstić information content (AvgIpc) is 3.08. The van der Waals surface area contributed by atoms with Gasteiger partial charge in [-0.15, -0.1) is 0 Å². The summed E-state index contributed by atoms with van der Waals surface area (Å²) in [5, 5.41) is 6.48. The topological polar surface area (TPSA) is 68.2 Å². The van der Waals surface area contributed by atoms with Crippen molar-refractivity contribution in [2.24, 2.45) is 7.05 Å². The van der Waals surface area contributed by atoms with E-state index in [9.17, 15) is 4.79 Å². The van der Waals surface area contributed by atoms with Gasteiger partial charge in [-0.1, -0.05) is 41.4 Å². The molecule has 2 aromatic carbocycles. The summed E-state index contributed by atoms with van der Waals surface area (Å²) in [6.07, 6.45) is 3.49. The summed E-state index contributed by atoms with van der Waals surface area (Å²) in [7, 11) is 3.45. The van der Waals surface area contributed by atoms with E-state index >= 15 is 0 Å². The van der Waals surface area contributed by atoms with E-state index in [0.29, 0.717) is 27.3 Å². The number of nitrogens with zero attached hydrogens (tertiary/aromatic N) is 2. The number of benzene rings is 2. The van der Waals surface area contributed by atoms with Crippen molar-refractivity contribution in [3.63, 3.8) is 0 Å². The standard InChI is InChI=1S/C19H18Cl2N4O2/c1-25-10-9-22-18(25)17(13-5-3-4-6-16(13)27-2)24-19(26)23-12-7-8-14(20)15(21)11-12/h3-11,17H,1-2H3,(H2,23,24,26)/t17-/m1/s1. The van der Waals surface area contributed by atoms with Gasteiger partial charge >= 0.3 is 6.03 Å². The summed E-state index contributed by atoms with van der Waals surface area (Å²) in [6.45, 7) is 0. The minimum absolute atomic E-state index is 0.361.